The second kappa shape index (κ2) is 10.5. The van der Waals surface area contributed by atoms with Gasteiger partial charge in [-0.05, 0) is 53.8 Å². The molecule has 1 atom stereocenters. The van der Waals surface area contributed by atoms with Crippen LogP contribution < -0.4 is 14.2 Å². The largest absolute Gasteiger partial charge is 0.493 e. The van der Waals surface area contributed by atoms with E-state index in [0.717, 1.165) is 28.8 Å². The maximum atomic E-state index is 13.8. The van der Waals surface area contributed by atoms with Crippen LogP contribution in [0, 0.1) is 11.6 Å². The highest BCUT2D eigenvalue weighted by molar-refractivity contribution is 5.78. The topological polar surface area (TPSA) is 48.0 Å². The standard InChI is InChI=1S/C27H27F2NO4/c1-32-24-15-19-12-13-30(26(31)9-6-14-34-23-11-10-20(28)16-22(23)29)27(18-7-4-3-5-8-18)21(19)17-25(24)33-2/h3-5,7-8,10-11,15-17,27H,6,9,12-14H2,1-2H3. The van der Waals surface area contributed by atoms with Crippen molar-refractivity contribution in [3.8, 4) is 17.2 Å². The molecule has 0 saturated heterocycles. The molecular weight excluding hydrogens is 440 g/mol. The average Bonchev–Trinajstić information content (AvgIpc) is 2.86. The molecule has 0 spiro atoms. The van der Waals surface area contributed by atoms with E-state index >= 15 is 0 Å². The van der Waals surface area contributed by atoms with Gasteiger partial charge in [0.2, 0.25) is 5.91 Å². The Labute approximate surface area is 197 Å². The summed E-state index contributed by atoms with van der Waals surface area (Å²) in [6.07, 6.45) is 1.35. The third kappa shape index (κ3) is 4.98. The monoisotopic (exact) mass is 467 g/mol. The van der Waals surface area contributed by atoms with Gasteiger partial charge >= 0.3 is 0 Å². The Hall–Kier alpha value is -3.61. The Morgan fingerprint density at radius 3 is 2.41 bits per heavy atom. The fourth-order valence-corrected chi connectivity index (χ4v) is 4.35. The van der Waals surface area contributed by atoms with E-state index in [0.29, 0.717) is 30.9 Å². The first-order chi connectivity index (χ1) is 16.5. The quantitative estimate of drug-likeness (QED) is 0.421. The summed E-state index contributed by atoms with van der Waals surface area (Å²) in [5.74, 6) is -0.176. The van der Waals surface area contributed by atoms with Crippen LogP contribution >= 0.6 is 0 Å². The van der Waals surface area contributed by atoms with Gasteiger partial charge in [-0.1, -0.05) is 30.3 Å². The Morgan fingerprint density at radius 2 is 1.71 bits per heavy atom. The summed E-state index contributed by atoms with van der Waals surface area (Å²) in [6.45, 7) is 0.716. The van der Waals surface area contributed by atoms with E-state index in [-0.39, 0.29) is 30.7 Å². The molecule has 3 aromatic carbocycles. The zero-order valence-electron chi connectivity index (χ0n) is 19.2. The van der Waals surface area contributed by atoms with E-state index in [1.54, 1.807) is 14.2 Å². The van der Waals surface area contributed by atoms with Crippen molar-refractivity contribution < 1.29 is 27.8 Å². The zero-order chi connectivity index (χ0) is 24.1. The lowest BCUT2D eigenvalue weighted by Gasteiger charge is -2.38. The molecule has 0 fully saturated rings. The van der Waals surface area contributed by atoms with E-state index in [1.807, 2.05) is 47.4 Å². The van der Waals surface area contributed by atoms with Gasteiger partial charge in [0.25, 0.3) is 0 Å². The zero-order valence-corrected chi connectivity index (χ0v) is 19.2. The molecule has 3 aromatic rings. The number of hydrogen-bond acceptors (Lipinski definition) is 4. The van der Waals surface area contributed by atoms with Crippen molar-refractivity contribution >= 4 is 5.91 Å². The van der Waals surface area contributed by atoms with Crippen LogP contribution in [-0.2, 0) is 11.2 Å². The van der Waals surface area contributed by atoms with E-state index in [1.165, 1.54) is 6.07 Å². The van der Waals surface area contributed by atoms with E-state index in [9.17, 15) is 13.6 Å². The smallest absolute Gasteiger partial charge is 0.223 e. The van der Waals surface area contributed by atoms with Crippen LogP contribution in [0.1, 0.15) is 35.6 Å². The summed E-state index contributed by atoms with van der Waals surface area (Å²) in [7, 11) is 3.20. The Bertz CT molecular complexity index is 1150. The van der Waals surface area contributed by atoms with Crippen LogP contribution in [-0.4, -0.2) is 38.2 Å². The van der Waals surface area contributed by atoms with Gasteiger partial charge in [-0.15, -0.1) is 0 Å². The molecule has 7 heteroatoms. The number of methoxy groups -OCH3 is 2. The number of benzene rings is 3. The number of hydrogen-bond donors (Lipinski definition) is 0. The SMILES string of the molecule is COc1cc2c(cc1OC)C(c1ccccc1)N(C(=O)CCCOc1ccc(F)cc1F)CC2. The lowest BCUT2D eigenvalue weighted by atomic mass is 9.87. The minimum absolute atomic E-state index is 0.0162. The summed E-state index contributed by atoms with van der Waals surface area (Å²) in [4.78, 5) is 15.2. The van der Waals surface area contributed by atoms with Crippen molar-refractivity contribution in [3.63, 3.8) is 0 Å². The summed E-state index contributed by atoms with van der Waals surface area (Å²) in [5.41, 5.74) is 3.13. The van der Waals surface area contributed by atoms with E-state index in [2.05, 4.69) is 0 Å². The number of ether oxygens (including phenoxy) is 3. The highest BCUT2D eigenvalue weighted by Gasteiger charge is 2.33. The van der Waals surface area contributed by atoms with Gasteiger partial charge in [-0.3, -0.25) is 4.79 Å². The highest BCUT2D eigenvalue weighted by atomic mass is 19.1. The molecule has 0 bridgehead atoms. The normalized spacial score (nSPS) is 14.9. The molecule has 0 radical (unpaired) electrons. The molecule has 0 saturated carbocycles. The van der Waals surface area contributed by atoms with Gasteiger partial charge in [0, 0.05) is 19.0 Å². The second-order valence-electron chi connectivity index (χ2n) is 8.08. The van der Waals surface area contributed by atoms with Gasteiger partial charge in [0.15, 0.2) is 23.1 Å². The molecule has 1 aliphatic rings. The number of carbonyl (C=O) groups is 1. The predicted molar refractivity (Wildman–Crippen MR) is 124 cm³/mol. The Morgan fingerprint density at radius 1 is 0.971 bits per heavy atom. The van der Waals surface area contributed by atoms with Gasteiger partial charge in [-0.2, -0.15) is 0 Å². The minimum atomic E-state index is -0.757. The van der Waals surface area contributed by atoms with Crippen molar-refractivity contribution in [1.29, 1.82) is 0 Å². The van der Waals surface area contributed by atoms with Crippen LogP contribution in [0.2, 0.25) is 0 Å². The lowest BCUT2D eigenvalue weighted by molar-refractivity contribution is -0.133. The summed E-state index contributed by atoms with van der Waals surface area (Å²) in [6, 6.07) is 16.7. The van der Waals surface area contributed by atoms with Gasteiger partial charge in [0.1, 0.15) is 5.82 Å². The van der Waals surface area contributed by atoms with Crippen molar-refractivity contribution in [2.45, 2.75) is 25.3 Å². The lowest BCUT2D eigenvalue weighted by Crippen LogP contribution is -2.40. The van der Waals surface area contributed by atoms with Crippen LogP contribution in [0.5, 0.6) is 17.2 Å². The number of rotatable bonds is 8. The molecule has 5 nitrogen and oxygen atoms in total. The third-order valence-corrected chi connectivity index (χ3v) is 6.00. The number of halogens is 2. The van der Waals surface area contributed by atoms with E-state index in [4.69, 9.17) is 14.2 Å². The highest BCUT2D eigenvalue weighted by Crippen LogP contribution is 2.41. The molecule has 0 N–H and O–H groups in total. The van der Waals surface area contributed by atoms with Crippen LogP contribution in [0.15, 0.2) is 60.7 Å². The van der Waals surface area contributed by atoms with Gasteiger partial charge in [-0.25, -0.2) is 8.78 Å². The summed E-state index contributed by atoms with van der Waals surface area (Å²) < 4.78 is 43.2. The van der Waals surface area contributed by atoms with Gasteiger partial charge < -0.3 is 19.1 Å². The molecule has 4 rings (SSSR count). The molecule has 1 aliphatic heterocycles. The first-order valence-electron chi connectivity index (χ1n) is 11.2. The van der Waals surface area contributed by atoms with Crippen molar-refractivity contribution in [1.82, 2.24) is 4.90 Å². The number of carbonyl (C=O) groups excluding carboxylic acids is 1. The first-order valence-corrected chi connectivity index (χ1v) is 11.2. The Balaban J connectivity index is 1.51. The fraction of sp³-hybridized carbons (Fsp3) is 0.296. The molecule has 0 aliphatic carbocycles. The first kappa shape index (κ1) is 23.5. The van der Waals surface area contributed by atoms with Crippen molar-refractivity contribution in [3.05, 3.63) is 89.0 Å². The minimum Gasteiger partial charge on any atom is -0.493 e. The molecule has 1 unspecified atom stereocenters. The molecule has 1 heterocycles. The summed E-state index contributed by atoms with van der Waals surface area (Å²) in [5, 5.41) is 0. The molecule has 0 aromatic heterocycles. The maximum Gasteiger partial charge on any atom is 0.223 e. The van der Waals surface area contributed by atoms with Crippen molar-refractivity contribution in [2.75, 3.05) is 27.4 Å². The predicted octanol–water partition coefficient (Wildman–Crippen LogP) is 5.32. The molecule has 1 amide bonds. The van der Waals surface area contributed by atoms with E-state index < -0.39 is 11.6 Å². The third-order valence-electron chi connectivity index (χ3n) is 6.00. The van der Waals surface area contributed by atoms with Crippen molar-refractivity contribution in [2.24, 2.45) is 0 Å². The fourth-order valence-electron chi connectivity index (χ4n) is 4.35. The van der Waals surface area contributed by atoms with Gasteiger partial charge in [0.05, 0.1) is 26.9 Å². The average molecular weight is 468 g/mol. The summed E-state index contributed by atoms with van der Waals surface area (Å²) >= 11 is 0. The van der Waals surface area contributed by atoms with Crippen LogP contribution in [0.3, 0.4) is 0 Å². The number of nitrogens with zero attached hydrogens (tertiary/aromatic N) is 1. The molecular formula is C27H27F2NO4. The Kier molecular flexibility index (Phi) is 7.30. The molecule has 178 valence electrons. The molecule has 34 heavy (non-hydrogen) atoms. The number of fused-ring (bicyclic) bond motifs is 1. The van der Waals surface area contributed by atoms with Crippen LogP contribution in [0.4, 0.5) is 8.78 Å². The van der Waals surface area contributed by atoms with Crippen LogP contribution in [0.25, 0.3) is 0 Å². The number of amides is 1. The second-order valence-corrected chi connectivity index (χ2v) is 8.08. The maximum absolute atomic E-state index is 13.8.